The lowest BCUT2D eigenvalue weighted by molar-refractivity contribution is 0.104. The van der Waals surface area contributed by atoms with Crippen LogP contribution in [0.15, 0.2) is 90.0 Å². The molecule has 0 saturated heterocycles. The molecule has 0 atom stereocenters. The van der Waals surface area contributed by atoms with Crippen molar-refractivity contribution in [3.8, 4) is 11.1 Å². The number of pyridine rings is 2. The Morgan fingerprint density at radius 2 is 1.60 bits per heavy atom. The highest BCUT2D eigenvalue weighted by atomic mass is 16.1. The average Bonchev–Trinajstić information content (AvgIpc) is 2.77. The minimum absolute atomic E-state index is 0.0806. The Kier molecular flexibility index (Phi) is 5.40. The number of nitrogens with zero attached hydrogens (tertiary/aromatic N) is 2. The highest BCUT2D eigenvalue weighted by molar-refractivity contribution is 6.15. The van der Waals surface area contributed by atoms with Crippen LogP contribution in [0.1, 0.15) is 35.8 Å². The minimum atomic E-state index is -0.309. The van der Waals surface area contributed by atoms with Gasteiger partial charge >= 0.3 is 0 Å². The molecule has 0 bridgehead atoms. The van der Waals surface area contributed by atoms with Crippen LogP contribution in [-0.2, 0) is 0 Å². The van der Waals surface area contributed by atoms with Gasteiger partial charge in [-0.3, -0.25) is 14.6 Å². The van der Waals surface area contributed by atoms with Crippen LogP contribution in [-0.4, -0.2) is 15.3 Å². The summed E-state index contributed by atoms with van der Waals surface area (Å²) in [5.74, 6) is -0.309. The standard InChI is InChI=1S/C26H22N2O2/c1-18(2)28-22-11-7-6-10-21(22)24(20-8-4-3-5-9-20)25(26(28)30)23(29)13-12-19-14-16-27-17-15-19/h3-18H,1-2H3/b13-12+. The Bertz CT molecular complexity index is 1290. The number of para-hydroxylation sites is 1. The molecule has 2 aromatic heterocycles. The second-order valence-corrected chi connectivity index (χ2v) is 7.38. The molecule has 0 aliphatic rings. The van der Waals surface area contributed by atoms with Gasteiger partial charge in [-0.05, 0) is 49.2 Å². The number of hydrogen-bond donors (Lipinski definition) is 0. The fourth-order valence-corrected chi connectivity index (χ4v) is 3.74. The van der Waals surface area contributed by atoms with Crippen LogP contribution in [0.4, 0.5) is 0 Å². The van der Waals surface area contributed by atoms with Gasteiger partial charge in [-0.25, -0.2) is 0 Å². The van der Waals surface area contributed by atoms with Crippen LogP contribution in [0, 0.1) is 0 Å². The molecular formula is C26H22N2O2. The number of benzene rings is 2. The number of carbonyl (C=O) groups excluding carboxylic acids is 1. The molecule has 30 heavy (non-hydrogen) atoms. The van der Waals surface area contributed by atoms with Crippen molar-refractivity contribution in [1.82, 2.24) is 9.55 Å². The molecule has 2 aromatic carbocycles. The largest absolute Gasteiger partial charge is 0.305 e. The first kappa shape index (κ1) is 19.5. The van der Waals surface area contributed by atoms with E-state index >= 15 is 0 Å². The van der Waals surface area contributed by atoms with Crippen molar-refractivity contribution in [1.29, 1.82) is 0 Å². The molecular weight excluding hydrogens is 372 g/mol. The number of carbonyl (C=O) groups is 1. The van der Waals surface area contributed by atoms with E-state index in [0.29, 0.717) is 5.56 Å². The molecule has 4 aromatic rings. The third-order valence-corrected chi connectivity index (χ3v) is 5.07. The first-order valence-corrected chi connectivity index (χ1v) is 9.93. The van der Waals surface area contributed by atoms with Crippen LogP contribution < -0.4 is 5.56 Å². The van der Waals surface area contributed by atoms with Crippen molar-refractivity contribution in [2.24, 2.45) is 0 Å². The number of ketones is 1. The molecule has 148 valence electrons. The number of allylic oxidation sites excluding steroid dienone is 1. The van der Waals surface area contributed by atoms with Gasteiger partial charge in [-0.15, -0.1) is 0 Å². The Hall–Kier alpha value is -3.79. The van der Waals surface area contributed by atoms with Crippen molar-refractivity contribution in [2.45, 2.75) is 19.9 Å². The number of hydrogen-bond acceptors (Lipinski definition) is 3. The summed E-state index contributed by atoms with van der Waals surface area (Å²) in [5, 5.41) is 0.887. The van der Waals surface area contributed by atoms with Crippen LogP contribution in [0.25, 0.3) is 28.1 Å². The summed E-state index contributed by atoms with van der Waals surface area (Å²) in [5.41, 5.74) is 3.13. The Morgan fingerprint density at radius 3 is 2.30 bits per heavy atom. The van der Waals surface area contributed by atoms with Crippen LogP contribution in [0.5, 0.6) is 0 Å². The van der Waals surface area contributed by atoms with Crippen molar-refractivity contribution in [2.75, 3.05) is 0 Å². The molecule has 0 saturated carbocycles. The van der Waals surface area contributed by atoms with Crippen molar-refractivity contribution in [3.05, 3.63) is 107 Å². The molecule has 4 rings (SSSR count). The fraction of sp³-hybridized carbons (Fsp3) is 0.115. The monoisotopic (exact) mass is 394 g/mol. The average molecular weight is 394 g/mol. The third kappa shape index (κ3) is 3.60. The van der Waals surface area contributed by atoms with Gasteiger partial charge in [0.1, 0.15) is 0 Å². The number of rotatable bonds is 5. The lowest BCUT2D eigenvalue weighted by Crippen LogP contribution is -2.28. The molecule has 4 heteroatoms. The van der Waals surface area contributed by atoms with E-state index in [2.05, 4.69) is 4.98 Å². The van der Waals surface area contributed by atoms with E-state index in [4.69, 9.17) is 0 Å². The quantitative estimate of drug-likeness (QED) is 0.330. The van der Waals surface area contributed by atoms with Gasteiger partial charge in [0.15, 0.2) is 5.78 Å². The lowest BCUT2D eigenvalue weighted by Gasteiger charge is -2.19. The second kappa shape index (κ2) is 8.29. The maximum atomic E-state index is 13.6. The molecule has 0 radical (unpaired) electrons. The summed E-state index contributed by atoms with van der Waals surface area (Å²) in [6.07, 6.45) is 6.52. The molecule has 2 heterocycles. The zero-order valence-corrected chi connectivity index (χ0v) is 16.9. The van der Waals surface area contributed by atoms with Crippen molar-refractivity contribution < 1.29 is 4.79 Å². The van der Waals surface area contributed by atoms with Gasteiger partial charge in [0.2, 0.25) is 0 Å². The molecule has 0 fully saturated rings. The fourth-order valence-electron chi connectivity index (χ4n) is 3.74. The normalized spacial score (nSPS) is 11.4. The van der Waals surface area contributed by atoms with Crippen LogP contribution in [0.3, 0.4) is 0 Å². The minimum Gasteiger partial charge on any atom is -0.305 e. The summed E-state index contributed by atoms with van der Waals surface area (Å²) in [7, 11) is 0. The summed E-state index contributed by atoms with van der Waals surface area (Å²) in [6, 6.07) is 20.9. The van der Waals surface area contributed by atoms with E-state index in [-0.39, 0.29) is 22.9 Å². The number of aromatic nitrogens is 2. The van der Waals surface area contributed by atoms with Gasteiger partial charge in [-0.2, -0.15) is 0 Å². The summed E-state index contributed by atoms with van der Waals surface area (Å²) in [6.45, 7) is 3.91. The van der Waals surface area contributed by atoms with E-state index in [1.54, 1.807) is 23.0 Å². The summed E-state index contributed by atoms with van der Waals surface area (Å²) >= 11 is 0. The van der Waals surface area contributed by atoms with Crippen LogP contribution >= 0.6 is 0 Å². The maximum absolute atomic E-state index is 13.6. The zero-order valence-electron chi connectivity index (χ0n) is 16.9. The maximum Gasteiger partial charge on any atom is 0.263 e. The molecule has 0 aliphatic carbocycles. The molecule has 0 spiro atoms. The summed E-state index contributed by atoms with van der Waals surface area (Å²) in [4.78, 5) is 30.9. The van der Waals surface area contributed by atoms with Crippen LogP contribution in [0.2, 0.25) is 0 Å². The SMILES string of the molecule is CC(C)n1c(=O)c(C(=O)/C=C/c2ccncc2)c(-c2ccccc2)c2ccccc21. The van der Waals surface area contributed by atoms with E-state index in [9.17, 15) is 9.59 Å². The second-order valence-electron chi connectivity index (χ2n) is 7.38. The molecule has 4 nitrogen and oxygen atoms in total. The molecule has 0 amide bonds. The van der Waals surface area contributed by atoms with Gasteiger partial charge in [0.05, 0.1) is 11.1 Å². The molecule has 0 unspecified atom stereocenters. The number of fused-ring (bicyclic) bond motifs is 1. The third-order valence-electron chi connectivity index (χ3n) is 5.07. The smallest absolute Gasteiger partial charge is 0.263 e. The van der Waals surface area contributed by atoms with E-state index in [0.717, 1.165) is 22.0 Å². The van der Waals surface area contributed by atoms with Gasteiger partial charge in [-0.1, -0.05) is 54.6 Å². The first-order valence-electron chi connectivity index (χ1n) is 9.93. The topological polar surface area (TPSA) is 52.0 Å². The van der Waals surface area contributed by atoms with Gasteiger partial charge in [0.25, 0.3) is 5.56 Å². The predicted octanol–water partition coefficient (Wildman–Crippen LogP) is 5.54. The van der Waals surface area contributed by atoms with Gasteiger partial charge in [0, 0.05) is 29.4 Å². The van der Waals surface area contributed by atoms with E-state index < -0.39 is 0 Å². The molecule has 0 aliphatic heterocycles. The Labute approximate surface area is 175 Å². The highest BCUT2D eigenvalue weighted by Gasteiger charge is 2.22. The van der Waals surface area contributed by atoms with Gasteiger partial charge < -0.3 is 4.57 Å². The summed E-state index contributed by atoms with van der Waals surface area (Å²) < 4.78 is 1.70. The Balaban J connectivity index is 2.02. The molecule has 0 N–H and O–H groups in total. The Morgan fingerprint density at radius 1 is 0.933 bits per heavy atom. The highest BCUT2D eigenvalue weighted by Crippen LogP contribution is 2.32. The first-order chi connectivity index (χ1) is 14.6. The van der Waals surface area contributed by atoms with Crippen molar-refractivity contribution >= 4 is 22.8 Å². The van der Waals surface area contributed by atoms with E-state index in [1.807, 2.05) is 80.6 Å². The van der Waals surface area contributed by atoms with Crippen molar-refractivity contribution in [3.63, 3.8) is 0 Å². The lowest BCUT2D eigenvalue weighted by atomic mass is 9.93. The zero-order chi connectivity index (χ0) is 21.1. The predicted molar refractivity (Wildman–Crippen MR) is 122 cm³/mol. The van der Waals surface area contributed by atoms with E-state index in [1.165, 1.54) is 6.08 Å².